The largest absolute Gasteiger partial charge is 0.357 e. The highest BCUT2D eigenvalue weighted by atomic mass is 35.5. The Hall–Kier alpha value is -2.13. The molecule has 0 saturated heterocycles. The van der Waals surface area contributed by atoms with E-state index in [4.69, 9.17) is 11.6 Å². The van der Waals surface area contributed by atoms with Gasteiger partial charge in [-0.25, -0.2) is 0 Å². The van der Waals surface area contributed by atoms with Crippen LogP contribution in [0.4, 0.5) is 11.4 Å². The summed E-state index contributed by atoms with van der Waals surface area (Å²) < 4.78 is 0. The molecule has 0 amide bonds. The molecule has 1 aromatic heterocycles. The Bertz CT molecular complexity index is 759. The van der Waals surface area contributed by atoms with Crippen molar-refractivity contribution < 1.29 is 0 Å². The van der Waals surface area contributed by atoms with Crippen LogP contribution in [0.2, 0.25) is 5.02 Å². The molecule has 4 heteroatoms. The molecule has 0 saturated carbocycles. The van der Waals surface area contributed by atoms with E-state index in [0.717, 1.165) is 22.3 Å². The van der Waals surface area contributed by atoms with Crippen LogP contribution < -0.4 is 0 Å². The van der Waals surface area contributed by atoms with Crippen LogP contribution in [0.15, 0.2) is 58.8 Å². The lowest BCUT2D eigenvalue weighted by Gasteiger charge is -1.95. The highest BCUT2D eigenvalue weighted by Gasteiger charge is 2.06. The van der Waals surface area contributed by atoms with E-state index in [1.807, 2.05) is 49.4 Å². The molecule has 0 unspecified atom stereocenters. The normalized spacial score (nSPS) is 11.5. The van der Waals surface area contributed by atoms with Crippen LogP contribution in [0, 0.1) is 6.92 Å². The van der Waals surface area contributed by atoms with E-state index >= 15 is 0 Å². The lowest BCUT2D eigenvalue weighted by molar-refractivity contribution is 1.20. The summed E-state index contributed by atoms with van der Waals surface area (Å²) in [4.78, 5) is 3.29. The molecular weight excluding hydrogens is 258 g/mol. The number of aromatic nitrogens is 1. The maximum absolute atomic E-state index is 6.06. The Morgan fingerprint density at radius 3 is 2.53 bits per heavy atom. The minimum absolute atomic E-state index is 0.601. The Kier molecular flexibility index (Phi) is 3.05. The number of hydrogen-bond acceptors (Lipinski definition) is 2. The van der Waals surface area contributed by atoms with Crippen molar-refractivity contribution in [1.29, 1.82) is 0 Å². The summed E-state index contributed by atoms with van der Waals surface area (Å²) in [5, 5.41) is 10.2. The molecule has 0 atom stereocenters. The van der Waals surface area contributed by atoms with Gasteiger partial charge in [0.2, 0.25) is 0 Å². The number of benzene rings is 2. The van der Waals surface area contributed by atoms with E-state index in [1.165, 1.54) is 0 Å². The zero-order valence-corrected chi connectivity index (χ0v) is 11.1. The lowest BCUT2D eigenvalue weighted by Crippen LogP contribution is -1.69. The lowest BCUT2D eigenvalue weighted by atomic mass is 10.2. The van der Waals surface area contributed by atoms with Crippen molar-refractivity contribution in [2.24, 2.45) is 10.2 Å². The highest BCUT2D eigenvalue weighted by molar-refractivity contribution is 6.32. The first-order valence-corrected chi connectivity index (χ1v) is 6.37. The van der Waals surface area contributed by atoms with Crippen LogP contribution in [-0.4, -0.2) is 4.98 Å². The fourth-order valence-corrected chi connectivity index (χ4v) is 2.20. The molecule has 3 nitrogen and oxygen atoms in total. The molecule has 0 radical (unpaired) electrons. The summed E-state index contributed by atoms with van der Waals surface area (Å²) in [5.41, 5.74) is 3.59. The second kappa shape index (κ2) is 4.86. The fourth-order valence-electron chi connectivity index (χ4n) is 2.03. The van der Waals surface area contributed by atoms with Crippen molar-refractivity contribution in [3.8, 4) is 0 Å². The standard InChI is InChI=1S/C15H12ClN3/c1-10-15(11-6-2-4-8-13(11)17-10)19-18-14-9-5-3-7-12(14)16/h2-9,17H,1H3. The minimum Gasteiger partial charge on any atom is -0.357 e. The van der Waals surface area contributed by atoms with Gasteiger partial charge in [-0.3, -0.25) is 0 Å². The zero-order valence-electron chi connectivity index (χ0n) is 10.4. The van der Waals surface area contributed by atoms with Gasteiger partial charge in [-0.2, -0.15) is 0 Å². The number of nitrogens with one attached hydrogen (secondary N) is 1. The third kappa shape index (κ3) is 2.25. The summed E-state index contributed by atoms with van der Waals surface area (Å²) in [6, 6.07) is 15.4. The first-order valence-electron chi connectivity index (χ1n) is 5.99. The van der Waals surface area contributed by atoms with Gasteiger partial charge < -0.3 is 4.98 Å². The number of nitrogens with zero attached hydrogens (tertiary/aromatic N) is 2. The van der Waals surface area contributed by atoms with Crippen LogP contribution in [0.25, 0.3) is 10.9 Å². The molecule has 0 spiro atoms. The van der Waals surface area contributed by atoms with Crippen LogP contribution in [0.5, 0.6) is 0 Å². The molecule has 1 heterocycles. The Balaban J connectivity index is 2.06. The van der Waals surface area contributed by atoms with Crippen molar-refractivity contribution in [1.82, 2.24) is 4.98 Å². The predicted molar refractivity (Wildman–Crippen MR) is 78.7 cm³/mol. The third-order valence-corrected chi connectivity index (χ3v) is 3.29. The molecule has 0 aliphatic heterocycles. The molecule has 1 N–H and O–H groups in total. The second-order valence-corrected chi connectivity index (χ2v) is 4.70. The fraction of sp³-hybridized carbons (Fsp3) is 0.0667. The Morgan fingerprint density at radius 2 is 1.68 bits per heavy atom. The van der Waals surface area contributed by atoms with E-state index < -0.39 is 0 Å². The molecule has 2 aromatic carbocycles. The molecule has 94 valence electrons. The maximum atomic E-state index is 6.06. The van der Waals surface area contributed by atoms with E-state index in [2.05, 4.69) is 15.2 Å². The van der Waals surface area contributed by atoms with Gasteiger partial charge in [0.25, 0.3) is 0 Å². The molecule has 0 aliphatic carbocycles. The van der Waals surface area contributed by atoms with Crippen LogP contribution in [0.1, 0.15) is 5.69 Å². The topological polar surface area (TPSA) is 40.5 Å². The van der Waals surface area contributed by atoms with Gasteiger partial charge in [-0.05, 0) is 25.1 Å². The van der Waals surface area contributed by atoms with E-state index in [-0.39, 0.29) is 0 Å². The van der Waals surface area contributed by atoms with E-state index in [1.54, 1.807) is 6.07 Å². The van der Waals surface area contributed by atoms with Crippen LogP contribution >= 0.6 is 11.6 Å². The van der Waals surface area contributed by atoms with Gasteiger partial charge in [0.05, 0.1) is 5.02 Å². The molecule has 0 bridgehead atoms. The number of azo groups is 1. The molecule has 3 rings (SSSR count). The summed E-state index contributed by atoms with van der Waals surface area (Å²) in [5.74, 6) is 0. The summed E-state index contributed by atoms with van der Waals surface area (Å²) >= 11 is 6.06. The van der Waals surface area contributed by atoms with E-state index in [9.17, 15) is 0 Å². The third-order valence-electron chi connectivity index (χ3n) is 2.97. The smallest absolute Gasteiger partial charge is 0.114 e. The molecule has 0 aliphatic rings. The number of aromatic amines is 1. The first kappa shape index (κ1) is 11.9. The molecule has 3 aromatic rings. The minimum atomic E-state index is 0.601. The van der Waals surface area contributed by atoms with Crippen molar-refractivity contribution in [3.63, 3.8) is 0 Å². The Morgan fingerprint density at radius 1 is 0.947 bits per heavy atom. The molecule has 0 fully saturated rings. The summed E-state index contributed by atoms with van der Waals surface area (Å²) in [6.07, 6.45) is 0. The summed E-state index contributed by atoms with van der Waals surface area (Å²) in [7, 11) is 0. The van der Waals surface area contributed by atoms with Gasteiger partial charge in [0.15, 0.2) is 0 Å². The number of H-pyrrole nitrogens is 1. The van der Waals surface area contributed by atoms with Crippen molar-refractivity contribution in [2.75, 3.05) is 0 Å². The quantitative estimate of drug-likeness (QED) is 0.593. The first-order chi connectivity index (χ1) is 9.25. The number of aryl methyl sites for hydroxylation is 1. The van der Waals surface area contributed by atoms with Gasteiger partial charge >= 0.3 is 0 Å². The SMILES string of the molecule is Cc1[nH]c2ccccc2c1N=Nc1ccccc1Cl. The zero-order chi connectivity index (χ0) is 13.2. The van der Waals surface area contributed by atoms with Crippen molar-refractivity contribution in [3.05, 3.63) is 59.2 Å². The molecule has 19 heavy (non-hydrogen) atoms. The maximum Gasteiger partial charge on any atom is 0.114 e. The van der Waals surface area contributed by atoms with E-state index in [0.29, 0.717) is 10.7 Å². The monoisotopic (exact) mass is 269 g/mol. The Labute approximate surface area is 115 Å². The van der Waals surface area contributed by atoms with Crippen LogP contribution in [0.3, 0.4) is 0 Å². The predicted octanol–water partition coefficient (Wildman–Crippen LogP) is 5.55. The van der Waals surface area contributed by atoms with Crippen molar-refractivity contribution in [2.45, 2.75) is 6.92 Å². The van der Waals surface area contributed by atoms with Gasteiger partial charge in [-0.1, -0.05) is 41.9 Å². The van der Waals surface area contributed by atoms with Gasteiger partial charge in [-0.15, -0.1) is 10.2 Å². The van der Waals surface area contributed by atoms with Crippen molar-refractivity contribution >= 4 is 33.9 Å². The number of rotatable bonds is 2. The summed E-state index contributed by atoms with van der Waals surface area (Å²) in [6.45, 7) is 1.99. The molecular formula is C15H12ClN3. The average Bonchev–Trinajstić information content (AvgIpc) is 2.74. The number of halogens is 1. The van der Waals surface area contributed by atoms with Crippen LogP contribution in [-0.2, 0) is 0 Å². The number of fused-ring (bicyclic) bond motifs is 1. The second-order valence-electron chi connectivity index (χ2n) is 4.30. The van der Waals surface area contributed by atoms with Gasteiger partial charge in [0.1, 0.15) is 11.4 Å². The highest BCUT2D eigenvalue weighted by Crippen LogP contribution is 2.32. The van der Waals surface area contributed by atoms with Gasteiger partial charge in [0, 0.05) is 16.6 Å². The number of para-hydroxylation sites is 1. The number of hydrogen-bond donors (Lipinski definition) is 1. The average molecular weight is 270 g/mol.